The predicted octanol–water partition coefficient (Wildman–Crippen LogP) is 3.32. The first-order valence-electron chi connectivity index (χ1n) is 8.24. The van der Waals surface area contributed by atoms with Crippen molar-refractivity contribution < 1.29 is 23.8 Å². The first-order valence-corrected chi connectivity index (χ1v) is 8.24. The Kier molecular flexibility index (Phi) is 6.20. The number of hydrogen-bond acceptors (Lipinski definition) is 5. The number of rotatable bonds is 5. The summed E-state index contributed by atoms with van der Waals surface area (Å²) in [5, 5.41) is 2.51. The maximum atomic E-state index is 11.9. The molecule has 2 rings (SSSR count). The highest BCUT2D eigenvalue weighted by molar-refractivity contribution is 5.93. The third kappa shape index (κ3) is 5.90. The van der Waals surface area contributed by atoms with Crippen LogP contribution in [0.4, 0.5) is 4.79 Å². The van der Waals surface area contributed by atoms with E-state index in [0.717, 1.165) is 11.1 Å². The Labute approximate surface area is 148 Å². The van der Waals surface area contributed by atoms with Crippen molar-refractivity contribution in [2.24, 2.45) is 0 Å². The lowest BCUT2D eigenvalue weighted by molar-refractivity contribution is -0.136. The zero-order chi connectivity index (χ0) is 18.4. The maximum Gasteiger partial charge on any atom is 0.412 e. The van der Waals surface area contributed by atoms with Crippen molar-refractivity contribution >= 4 is 12.1 Å². The van der Waals surface area contributed by atoms with Crippen molar-refractivity contribution in [2.75, 3.05) is 7.11 Å². The summed E-state index contributed by atoms with van der Waals surface area (Å²) in [6.07, 6.45) is 0.504. The fourth-order valence-electron chi connectivity index (χ4n) is 2.39. The van der Waals surface area contributed by atoms with Gasteiger partial charge in [0.25, 0.3) is 0 Å². The number of methoxy groups -OCH3 is 1. The summed E-state index contributed by atoms with van der Waals surface area (Å²) in [5.74, 6) is -0.581. The van der Waals surface area contributed by atoms with Gasteiger partial charge in [-0.3, -0.25) is 5.32 Å². The molecule has 0 radical (unpaired) electrons. The van der Waals surface area contributed by atoms with Gasteiger partial charge in [0.05, 0.1) is 19.8 Å². The Balaban J connectivity index is 1.92. The van der Waals surface area contributed by atoms with E-state index < -0.39 is 17.7 Å². The Bertz CT molecular complexity index is 638. The SMILES string of the molecule is COC(=O)C(NC(=O)OC(C)(C)C)=C1CC(OCc2ccccc2)C1. The molecule has 1 aliphatic carbocycles. The minimum Gasteiger partial charge on any atom is -0.464 e. The zero-order valence-corrected chi connectivity index (χ0v) is 15.1. The van der Waals surface area contributed by atoms with Crippen molar-refractivity contribution in [1.29, 1.82) is 0 Å². The van der Waals surface area contributed by atoms with Gasteiger partial charge in [-0.25, -0.2) is 9.59 Å². The molecule has 0 heterocycles. The van der Waals surface area contributed by atoms with E-state index in [9.17, 15) is 9.59 Å². The van der Waals surface area contributed by atoms with E-state index in [1.54, 1.807) is 20.8 Å². The molecule has 1 aliphatic rings. The number of nitrogens with one attached hydrogen (secondary N) is 1. The standard InChI is InChI=1S/C19H25NO5/c1-19(2,3)25-18(22)20-16(17(21)23-4)14-10-15(11-14)24-12-13-8-6-5-7-9-13/h5-9,15H,10-12H2,1-4H3,(H,20,22). The van der Waals surface area contributed by atoms with Gasteiger partial charge in [-0.15, -0.1) is 0 Å². The number of alkyl carbamates (subject to hydrolysis) is 1. The molecular formula is C19H25NO5. The lowest BCUT2D eigenvalue weighted by atomic mass is 9.87. The van der Waals surface area contributed by atoms with Crippen LogP contribution in [0.25, 0.3) is 0 Å². The number of benzene rings is 1. The number of carbonyl (C=O) groups is 2. The summed E-state index contributed by atoms with van der Waals surface area (Å²) in [7, 11) is 1.28. The number of carbonyl (C=O) groups excluding carboxylic acids is 2. The van der Waals surface area contributed by atoms with Gasteiger partial charge in [0.1, 0.15) is 11.3 Å². The van der Waals surface area contributed by atoms with Gasteiger partial charge < -0.3 is 14.2 Å². The fraction of sp³-hybridized carbons (Fsp3) is 0.474. The van der Waals surface area contributed by atoms with Gasteiger partial charge in [-0.1, -0.05) is 30.3 Å². The largest absolute Gasteiger partial charge is 0.464 e. The van der Waals surface area contributed by atoms with Crippen LogP contribution in [-0.2, 0) is 25.6 Å². The van der Waals surface area contributed by atoms with E-state index in [1.165, 1.54) is 7.11 Å². The first-order chi connectivity index (χ1) is 11.8. The Morgan fingerprint density at radius 3 is 2.36 bits per heavy atom. The maximum absolute atomic E-state index is 11.9. The summed E-state index contributed by atoms with van der Waals surface area (Å²) < 4.78 is 15.8. The predicted molar refractivity (Wildman–Crippen MR) is 92.7 cm³/mol. The molecule has 1 fully saturated rings. The quantitative estimate of drug-likeness (QED) is 0.653. The van der Waals surface area contributed by atoms with Gasteiger partial charge in [0, 0.05) is 0 Å². The first kappa shape index (κ1) is 19.0. The summed E-state index contributed by atoms with van der Waals surface area (Å²) in [5.41, 5.74) is 1.41. The molecule has 0 bridgehead atoms. The molecule has 0 aromatic heterocycles. The second kappa shape index (κ2) is 8.16. The molecule has 0 unspecified atom stereocenters. The third-order valence-corrected chi connectivity index (χ3v) is 3.65. The molecule has 0 spiro atoms. The van der Waals surface area contributed by atoms with Crippen LogP contribution in [0.1, 0.15) is 39.2 Å². The minimum atomic E-state index is -0.672. The second-order valence-corrected chi connectivity index (χ2v) is 6.92. The van der Waals surface area contributed by atoms with Crippen molar-refractivity contribution in [3.8, 4) is 0 Å². The van der Waals surface area contributed by atoms with Gasteiger partial charge in [0.15, 0.2) is 0 Å². The molecule has 6 nitrogen and oxygen atoms in total. The highest BCUT2D eigenvalue weighted by Crippen LogP contribution is 2.32. The Hall–Kier alpha value is -2.34. The minimum absolute atomic E-state index is 0.0234. The van der Waals surface area contributed by atoms with Gasteiger partial charge in [-0.2, -0.15) is 0 Å². The van der Waals surface area contributed by atoms with Crippen molar-refractivity contribution in [2.45, 2.75) is 51.9 Å². The molecular weight excluding hydrogens is 322 g/mol. The van der Waals surface area contributed by atoms with E-state index in [4.69, 9.17) is 14.2 Å². The molecule has 6 heteroatoms. The molecule has 0 aliphatic heterocycles. The molecule has 0 saturated heterocycles. The van der Waals surface area contributed by atoms with E-state index in [2.05, 4.69) is 5.32 Å². The summed E-state index contributed by atoms with van der Waals surface area (Å²) in [4.78, 5) is 23.9. The second-order valence-electron chi connectivity index (χ2n) is 6.92. The normalized spacial score (nSPS) is 16.6. The Morgan fingerprint density at radius 2 is 1.80 bits per heavy atom. The average Bonchev–Trinajstić information content (AvgIpc) is 2.50. The molecule has 1 amide bonds. The van der Waals surface area contributed by atoms with Crippen LogP contribution in [-0.4, -0.2) is 30.9 Å². The van der Waals surface area contributed by atoms with Crippen LogP contribution in [0, 0.1) is 0 Å². The topological polar surface area (TPSA) is 73.9 Å². The average molecular weight is 347 g/mol. The molecule has 1 aromatic carbocycles. The van der Waals surface area contributed by atoms with Crippen molar-refractivity contribution in [3.63, 3.8) is 0 Å². The fourth-order valence-corrected chi connectivity index (χ4v) is 2.39. The molecule has 1 aromatic rings. The van der Waals surface area contributed by atoms with E-state index >= 15 is 0 Å². The van der Waals surface area contributed by atoms with E-state index in [1.807, 2.05) is 30.3 Å². The number of esters is 1. The van der Waals surface area contributed by atoms with Crippen molar-refractivity contribution in [1.82, 2.24) is 5.32 Å². The van der Waals surface area contributed by atoms with E-state index in [0.29, 0.717) is 19.4 Å². The molecule has 25 heavy (non-hydrogen) atoms. The van der Waals surface area contributed by atoms with Gasteiger partial charge in [-0.05, 0) is 44.7 Å². The number of ether oxygens (including phenoxy) is 3. The lowest BCUT2D eigenvalue weighted by Crippen LogP contribution is -2.37. The van der Waals surface area contributed by atoms with Gasteiger partial charge >= 0.3 is 12.1 Å². The summed E-state index contributed by atoms with van der Waals surface area (Å²) in [6.45, 7) is 5.79. The zero-order valence-electron chi connectivity index (χ0n) is 15.1. The highest BCUT2D eigenvalue weighted by atomic mass is 16.6. The van der Waals surface area contributed by atoms with Gasteiger partial charge in [0.2, 0.25) is 0 Å². The molecule has 1 N–H and O–H groups in total. The number of hydrogen-bond donors (Lipinski definition) is 1. The number of amides is 1. The van der Waals surface area contributed by atoms with Crippen molar-refractivity contribution in [3.05, 3.63) is 47.2 Å². The van der Waals surface area contributed by atoms with Crippen LogP contribution in [0.5, 0.6) is 0 Å². The summed E-state index contributed by atoms with van der Waals surface area (Å²) in [6, 6.07) is 9.88. The van der Waals surface area contributed by atoms with E-state index in [-0.39, 0.29) is 11.8 Å². The third-order valence-electron chi connectivity index (χ3n) is 3.65. The smallest absolute Gasteiger partial charge is 0.412 e. The van der Waals surface area contributed by atoms with Crippen LogP contribution >= 0.6 is 0 Å². The molecule has 136 valence electrons. The van der Waals surface area contributed by atoms with Crippen LogP contribution in [0.15, 0.2) is 41.6 Å². The molecule has 0 atom stereocenters. The monoisotopic (exact) mass is 347 g/mol. The van der Waals surface area contributed by atoms with Crippen LogP contribution in [0.3, 0.4) is 0 Å². The molecule has 1 saturated carbocycles. The summed E-state index contributed by atoms with van der Waals surface area (Å²) >= 11 is 0. The lowest BCUT2D eigenvalue weighted by Gasteiger charge is -2.31. The van der Waals surface area contributed by atoms with Crippen LogP contribution in [0.2, 0.25) is 0 Å². The Morgan fingerprint density at radius 1 is 1.16 bits per heavy atom. The van der Waals surface area contributed by atoms with Crippen LogP contribution < -0.4 is 5.32 Å². The highest BCUT2D eigenvalue weighted by Gasteiger charge is 2.31.